The van der Waals surface area contributed by atoms with Crippen LogP contribution in [0, 0.1) is 5.92 Å². The zero-order valence-electron chi connectivity index (χ0n) is 19.5. The molecular weight excluding hydrogens is 440 g/mol. The van der Waals surface area contributed by atoms with Crippen molar-refractivity contribution < 1.29 is 19.4 Å². The summed E-state index contributed by atoms with van der Waals surface area (Å²) < 4.78 is 5.26. The molecule has 0 radical (unpaired) electrons. The Hall–Kier alpha value is -4.19. The van der Waals surface area contributed by atoms with Gasteiger partial charge in [-0.25, -0.2) is 4.98 Å². The van der Waals surface area contributed by atoms with Crippen molar-refractivity contribution in [3.63, 3.8) is 0 Å². The van der Waals surface area contributed by atoms with Gasteiger partial charge in [-0.2, -0.15) is 0 Å². The van der Waals surface area contributed by atoms with E-state index >= 15 is 0 Å². The highest BCUT2D eigenvalue weighted by Crippen LogP contribution is 2.29. The summed E-state index contributed by atoms with van der Waals surface area (Å²) in [5.41, 5.74) is 3.61. The number of aromatic nitrogens is 1. The first-order chi connectivity index (χ1) is 17.0. The molecule has 6 nitrogen and oxygen atoms in total. The molecule has 0 bridgehead atoms. The van der Waals surface area contributed by atoms with Crippen LogP contribution >= 0.6 is 0 Å². The molecule has 4 aromatic rings. The second-order valence-electron chi connectivity index (χ2n) is 8.78. The van der Waals surface area contributed by atoms with E-state index in [1.807, 2.05) is 59.5 Å². The van der Waals surface area contributed by atoms with E-state index in [0.29, 0.717) is 37.1 Å². The summed E-state index contributed by atoms with van der Waals surface area (Å²) in [7, 11) is 1.63. The third-order valence-corrected chi connectivity index (χ3v) is 6.64. The number of nitrogens with zero attached hydrogens (tertiary/aromatic N) is 2. The Morgan fingerprint density at radius 2 is 1.63 bits per heavy atom. The molecular formula is C29H26N2O4. The maximum Gasteiger partial charge on any atom is 0.254 e. The number of hydrogen-bond acceptors (Lipinski definition) is 5. The number of pyridine rings is 1. The van der Waals surface area contributed by atoms with Gasteiger partial charge in [-0.1, -0.05) is 18.2 Å². The highest BCUT2D eigenvalue weighted by molar-refractivity contribution is 6.07. The largest absolute Gasteiger partial charge is 0.508 e. The van der Waals surface area contributed by atoms with Gasteiger partial charge in [0.05, 0.1) is 23.9 Å². The Labute approximate surface area is 203 Å². The van der Waals surface area contributed by atoms with Crippen molar-refractivity contribution in [2.45, 2.75) is 12.8 Å². The molecule has 176 valence electrons. The van der Waals surface area contributed by atoms with Crippen LogP contribution in [0.5, 0.6) is 11.5 Å². The Morgan fingerprint density at radius 1 is 0.943 bits per heavy atom. The lowest BCUT2D eigenvalue weighted by molar-refractivity contribution is 0.0652. The smallest absolute Gasteiger partial charge is 0.254 e. The third-order valence-electron chi connectivity index (χ3n) is 6.64. The molecule has 3 aromatic carbocycles. The third kappa shape index (κ3) is 4.60. The number of ether oxygens (including phenoxy) is 1. The van der Waals surface area contributed by atoms with Crippen molar-refractivity contribution in [3.05, 3.63) is 90.0 Å². The van der Waals surface area contributed by atoms with Crippen LogP contribution in [0.2, 0.25) is 0 Å². The average Bonchev–Trinajstić information content (AvgIpc) is 2.92. The molecule has 1 N–H and O–H groups in total. The molecule has 1 aliphatic heterocycles. The average molecular weight is 467 g/mol. The van der Waals surface area contributed by atoms with Gasteiger partial charge in [0.25, 0.3) is 5.91 Å². The Bertz CT molecular complexity index is 1370. The molecule has 0 spiro atoms. The van der Waals surface area contributed by atoms with Gasteiger partial charge in [-0.05, 0) is 73.5 Å². The number of amides is 1. The van der Waals surface area contributed by atoms with E-state index in [9.17, 15) is 14.7 Å². The van der Waals surface area contributed by atoms with Crippen LogP contribution in [0.1, 0.15) is 33.6 Å². The molecule has 1 aliphatic rings. The maximum absolute atomic E-state index is 13.6. The number of likely N-dealkylation sites (tertiary alicyclic amines) is 1. The van der Waals surface area contributed by atoms with E-state index in [2.05, 4.69) is 0 Å². The quantitative estimate of drug-likeness (QED) is 0.401. The Balaban J connectivity index is 1.38. The van der Waals surface area contributed by atoms with Gasteiger partial charge in [0.15, 0.2) is 5.78 Å². The van der Waals surface area contributed by atoms with Crippen molar-refractivity contribution in [2.75, 3.05) is 20.2 Å². The molecule has 2 heterocycles. The summed E-state index contributed by atoms with van der Waals surface area (Å²) in [6.07, 6.45) is 1.22. The maximum atomic E-state index is 13.6. The molecule has 1 saturated heterocycles. The molecule has 0 unspecified atom stereocenters. The number of Topliss-reactive ketones (excluding diaryl/α,β-unsaturated/α-hetero) is 1. The van der Waals surface area contributed by atoms with Crippen LogP contribution in [0.4, 0.5) is 0 Å². The number of methoxy groups -OCH3 is 1. The molecule has 1 fully saturated rings. The van der Waals surface area contributed by atoms with Crippen molar-refractivity contribution in [1.29, 1.82) is 0 Å². The highest BCUT2D eigenvalue weighted by atomic mass is 16.5. The number of carbonyl (C=O) groups excluding carboxylic acids is 2. The summed E-state index contributed by atoms with van der Waals surface area (Å²) in [6.45, 7) is 1.03. The van der Waals surface area contributed by atoms with Gasteiger partial charge in [-0.15, -0.1) is 0 Å². The molecule has 35 heavy (non-hydrogen) atoms. The van der Waals surface area contributed by atoms with Gasteiger partial charge in [-0.3, -0.25) is 9.59 Å². The Kier molecular flexibility index (Phi) is 6.19. The van der Waals surface area contributed by atoms with Crippen molar-refractivity contribution in [1.82, 2.24) is 9.88 Å². The minimum absolute atomic E-state index is 0.0473. The first kappa shape index (κ1) is 22.6. The lowest BCUT2D eigenvalue weighted by Crippen LogP contribution is -2.40. The number of rotatable bonds is 5. The van der Waals surface area contributed by atoms with Gasteiger partial charge >= 0.3 is 0 Å². The van der Waals surface area contributed by atoms with E-state index in [4.69, 9.17) is 9.72 Å². The van der Waals surface area contributed by atoms with Gasteiger partial charge in [0, 0.05) is 35.5 Å². The summed E-state index contributed by atoms with van der Waals surface area (Å²) in [5.74, 6) is 0.783. The second-order valence-corrected chi connectivity index (χ2v) is 8.78. The van der Waals surface area contributed by atoms with Crippen LogP contribution in [0.3, 0.4) is 0 Å². The van der Waals surface area contributed by atoms with Crippen molar-refractivity contribution >= 4 is 22.6 Å². The van der Waals surface area contributed by atoms with Crippen LogP contribution in [-0.2, 0) is 0 Å². The number of aromatic hydroxyl groups is 1. The number of ketones is 1. The summed E-state index contributed by atoms with van der Waals surface area (Å²) in [4.78, 5) is 33.1. The standard InChI is InChI=1S/C29H26N2O4/c1-35-23-12-8-19(9-13-23)27-18-25(24-4-2-3-5-26(24)30-27)29(34)31-16-14-21(15-17-31)28(33)20-6-10-22(32)11-7-20/h2-13,18,21,32H,14-17H2,1H3. The zero-order chi connectivity index (χ0) is 24.4. The molecule has 0 atom stereocenters. The first-order valence-corrected chi connectivity index (χ1v) is 11.7. The molecule has 6 heteroatoms. The zero-order valence-corrected chi connectivity index (χ0v) is 19.5. The van der Waals surface area contributed by atoms with Crippen LogP contribution in [0.25, 0.3) is 22.2 Å². The monoisotopic (exact) mass is 466 g/mol. The van der Waals surface area contributed by atoms with Gasteiger partial charge < -0.3 is 14.7 Å². The van der Waals surface area contributed by atoms with Gasteiger partial charge in [0.2, 0.25) is 0 Å². The number of phenols is 1. The lowest BCUT2D eigenvalue weighted by atomic mass is 9.88. The fourth-order valence-corrected chi connectivity index (χ4v) is 4.64. The minimum Gasteiger partial charge on any atom is -0.508 e. The number of hydrogen-bond donors (Lipinski definition) is 1. The topological polar surface area (TPSA) is 79.7 Å². The summed E-state index contributed by atoms with van der Waals surface area (Å²) >= 11 is 0. The van der Waals surface area contributed by atoms with Crippen LogP contribution in [-0.4, -0.2) is 46.9 Å². The molecule has 1 amide bonds. The molecule has 0 aliphatic carbocycles. The SMILES string of the molecule is COc1ccc(-c2cc(C(=O)N3CCC(C(=O)c4ccc(O)cc4)CC3)c3ccccc3n2)cc1. The summed E-state index contributed by atoms with van der Waals surface area (Å²) in [6, 6.07) is 23.5. The normalized spacial score (nSPS) is 14.1. The fourth-order valence-electron chi connectivity index (χ4n) is 4.64. The number of para-hydroxylation sites is 1. The molecule has 0 saturated carbocycles. The molecule has 1 aromatic heterocycles. The number of fused-ring (bicyclic) bond motifs is 1. The van der Waals surface area contributed by atoms with E-state index in [0.717, 1.165) is 27.9 Å². The predicted molar refractivity (Wildman–Crippen MR) is 135 cm³/mol. The van der Waals surface area contributed by atoms with Crippen molar-refractivity contribution in [2.24, 2.45) is 5.92 Å². The van der Waals surface area contributed by atoms with Gasteiger partial charge in [0.1, 0.15) is 11.5 Å². The van der Waals surface area contributed by atoms with Crippen molar-refractivity contribution in [3.8, 4) is 22.8 Å². The van der Waals surface area contributed by atoms with Crippen LogP contribution < -0.4 is 4.74 Å². The number of phenolic OH excluding ortho intramolecular Hbond substituents is 1. The van der Waals surface area contributed by atoms with E-state index in [1.165, 1.54) is 12.1 Å². The van der Waals surface area contributed by atoms with E-state index in [1.54, 1.807) is 19.2 Å². The number of carbonyl (C=O) groups is 2. The van der Waals surface area contributed by atoms with E-state index < -0.39 is 0 Å². The summed E-state index contributed by atoms with van der Waals surface area (Å²) in [5, 5.41) is 10.3. The predicted octanol–water partition coefficient (Wildman–Crippen LogP) is 5.35. The number of benzene rings is 3. The highest BCUT2D eigenvalue weighted by Gasteiger charge is 2.29. The Morgan fingerprint density at radius 3 is 2.31 bits per heavy atom. The second kappa shape index (κ2) is 9.58. The first-order valence-electron chi connectivity index (χ1n) is 11.7. The lowest BCUT2D eigenvalue weighted by Gasteiger charge is -2.31. The fraction of sp³-hybridized carbons (Fsp3) is 0.207. The molecule has 5 rings (SSSR count). The van der Waals surface area contributed by atoms with Crippen LogP contribution in [0.15, 0.2) is 78.9 Å². The van der Waals surface area contributed by atoms with E-state index in [-0.39, 0.29) is 23.4 Å². The number of piperidine rings is 1. The minimum atomic E-state index is -0.132.